The first-order valence-corrected chi connectivity index (χ1v) is 15.7. The fourth-order valence-electron chi connectivity index (χ4n) is 4.93. The molecule has 1 fully saturated rings. The van der Waals surface area contributed by atoms with Crippen molar-refractivity contribution < 1.29 is 28.7 Å². The zero-order valence-corrected chi connectivity index (χ0v) is 25.2. The number of fused-ring (bicyclic) bond motifs is 1. The van der Waals surface area contributed by atoms with E-state index in [0.717, 1.165) is 32.1 Å². The number of nitrogen functional groups attached to an aromatic ring is 1. The Labute approximate surface area is 235 Å². The molecule has 0 bridgehead atoms. The van der Waals surface area contributed by atoms with Gasteiger partial charge in [-0.25, -0.2) is 25.1 Å². The maximum Gasteiger partial charge on any atom is 0.326 e. The van der Waals surface area contributed by atoms with Crippen LogP contribution in [0.2, 0.25) is 0 Å². The highest BCUT2D eigenvalue weighted by molar-refractivity contribution is 7.59. The number of carbonyl (C=O) groups is 2. The quantitative estimate of drug-likeness (QED) is 0.188. The van der Waals surface area contributed by atoms with E-state index in [0.29, 0.717) is 23.6 Å². The van der Waals surface area contributed by atoms with Gasteiger partial charge in [0.05, 0.1) is 19.0 Å². The molecule has 1 unspecified atom stereocenters. The molecule has 2 aromatic heterocycles. The van der Waals surface area contributed by atoms with E-state index in [1.54, 1.807) is 31.7 Å². The van der Waals surface area contributed by atoms with Gasteiger partial charge in [-0.3, -0.25) is 14.2 Å². The second-order valence-electron chi connectivity index (χ2n) is 11.8. The molecule has 0 amide bonds. The molecule has 0 aromatic carbocycles. The smallest absolute Gasteiger partial charge is 0.326 e. The van der Waals surface area contributed by atoms with Gasteiger partial charge >= 0.3 is 11.9 Å². The van der Waals surface area contributed by atoms with Crippen LogP contribution >= 0.6 is 7.44 Å². The molecule has 3 rings (SSSR count). The lowest BCUT2D eigenvalue weighted by atomic mass is 9.84. The monoisotopic (exact) mass is 581 g/mol. The SMILES string of the molecule is CCC[C@H]1CC[C@H](OC(=O)C(C)(C)NP(=O)(CO[C@H](C)Cn2cnc3c(N)ncnc32)NC(C)(C)C(=O)O)CC1. The van der Waals surface area contributed by atoms with Crippen LogP contribution in [0.25, 0.3) is 11.2 Å². The molecule has 40 heavy (non-hydrogen) atoms. The number of aliphatic carboxylic acids is 1. The summed E-state index contributed by atoms with van der Waals surface area (Å²) in [6.45, 7) is 10.2. The van der Waals surface area contributed by atoms with Crippen LogP contribution < -0.4 is 15.9 Å². The number of nitrogens with two attached hydrogens (primary N) is 1. The number of aromatic nitrogens is 4. The van der Waals surface area contributed by atoms with Crippen LogP contribution in [0.15, 0.2) is 12.7 Å². The van der Waals surface area contributed by atoms with E-state index in [1.807, 2.05) is 0 Å². The number of carboxylic acid groups (broad SMARTS) is 1. The summed E-state index contributed by atoms with van der Waals surface area (Å²) in [4.78, 5) is 37.4. The summed E-state index contributed by atoms with van der Waals surface area (Å²) in [5.74, 6) is -0.821. The minimum absolute atomic E-state index is 0.191. The summed E-state index contributed by atoms with van der Waals surface area (Å²) >= 11 is 0. The topological polar surface area (TPSA) is 184 Å². The molecular formula is C26H44N7O6P. The average molecular weight is 582 g/mol. The van der Waals surface area contributed by atoms with Crippen molar-refractivity contribution in [3.05, 3.63) is 12.7 Å². The Bertz CT molecular complexity index is 1230. The fraction of sp³-hybridized carbons (Fsp3) is 0.731. The van der Waals surface area contributed by atoms with E-state index in [4.69, 9.17) is 15.2 Å². The van der Waals surface area contributed by atoms with E-state index in [1.165, 1.54) is 26.6 Å². The number of rotatable bonds is 14. The zero-order chi connectivity index (χ0) is 29.7. The summed E-state index contributed by atoms with van der Waals surface area (Å²) in [5, 5.41) is 15.3. The molecule has 224 valence electrons. The summed E-state index contributed by atoms with van der Waals surface area (Å²) in [7, 11) is -3.82. The van der Waals surface area contributed by atoms with Gasteiger partial charge in [-0.15, -0.1) is 0 Å². The van der Waals surface area contributed by atoms with Crippen molar-refractivity contribution in [3.63, 3.8) is 0 Å². The van der Waals surface area contributed by atoms with Gasteiger partial charge in [-0.1, -0.05) is 19.8 Å². The van der Waals surface area contributed by atoms with Crippen LogP contribution in [0.1, 0.15) is 80.1 Å². The number of anilines is 1. The number of hydrogen-bond donors (Lipinski definition) is 4. The number of nitrogens with zero attached hydrogens (tertiary/aromatic N) is 4. The number of esters is 1. The Kier molecular flexibility index (Phi) is 10.3. The molecular weight excluding hydrogens is 537 g/mol. The highest BCUT2D eigenvalue weighted by Gasteiger charge is 2.43. The number of imidazole rings is 1. The van der Waals surface area contributed by atoms with Gasteiger partial charge in [0.25, 0.3) is 0 Å². The second-order valence-corrected chi connectivity index (χ2v) is 14.0. The Hall–Kier alpha value is -2.60. The molecule has 0 saturated heterocycles. The predicted molar refractivity (Wildman–Crippen MR) is 152 cm³/mol. The molecule has 1 aliphatic rings. The standard InChI is InChI=1S/C26H44N7O6P/c1-7-8-18-9-11-19(12-10-18)39-24(36)26(5,6)32-40(37,31-25(3,4)23(34)35)16-38-17(2)13-33-15-30-20-21(27)28-14-29-22(20)33/h14-15,17-19H,7-13,16H2,1-6H3,(H,34,35)(H2,27,28,29)(H2,31,32,37)/t17-,18-,19-,40?/m1/s1. The summed E-state index contributed by atoms with van der Waals surface area (Å²) in [5.41, 5.74) is 3.91. The molecule has 14 heteroatoms. The second kappa shape index (κ2) is 12.9. The number of hydrogen-bond acceptors (Lipinski definition) is 9. The van der Waals surface area contributed by atoms with E-state index in [2.05, 4.69) is 32.1 Å². The largest absolute Gasteiger partial charge is 0.480 e. The fourth-order valence-corrected chi connectivity index (χ4v) is 7.57. The number of ether oxygens (including phenoxy) is 2. The predicted octanol–water partition coefficient (Wildman–Crippen LogP) is 3.69. The van der Waals surface area contributed by atoms with Crippen molar-refractivity contribution in [1.29, 1.82) is 0 Å². The van der Waals surface area contributed by atoms with Crippen molar-refractivity contribution in [2.24, 2.45) is 5.92 Å². The lowest BCUT2D eigenvalue weighted by molar-refractivity contribution is -0.157. The van der Waals surface area contributed by atoms with Crippen molar-refractivity contribution >= 4 is 36.4 Å². The lowest BCUT2D eigenvalue weighted by Crippen LogP contribution is -2.54. The normalized spacial score (nSPS) is 20.6. The molecule has 13 nitrogen and oxygen atoms in total. The molecule has 0 aliphatic heterocycles. The Morgan fingerprint density at radius 2 is 1.80 bits per heavy atom. The highest BCUT2D eigenvalue weighted by Crippen LogP contribution is 2.42. The molecule has 0 spiro atoms. The third kappa shape index (κ3) is 8.22. The third-order valence-electron chi connectivity index (χ3n) is 7.15. The maximum absolute atomic E-state index is 14.1. The van der Waals surface area contributed by atoms with Crippen molar-refractivity contribution in [3.8, 4) is 0 Å². The van der Waals surface area contributed by atoms with E-state index >= 15 is 0 Å². The molecule has 2 atom stereocenters. The highest BCUT2D eigenvalue weighted by atomic mass is 31.2. The first kappa shape index (κ1) is 31.9. The third-order valence-corrected chi connectivity index (χ3v) is 9.51. The van der Waals surface area contributed by atoms with Crippen molar-refractivity contribution in [2.45, 2.75) is 110 Å². The van der Waals surface area contributed by atoms with Crippen molar-refractivity contribution in [2.75, 3.05) is 12.1 Å². The van der Waals surface area contributed by atoms with E-state index in [9.17, 15) is 19.3 Å². The van der Waals surface area contributed by atoms with Gasteiger partial charge in [-0.05, 0) is 66.2 Å². The van der Waals surface area contributed by atoms with Crippen molar-refractivity contribution in [1.82, 2.24) is 29.7 Å². The van der Waals surface area contributed by atoms with Crippen LogP contribution in [-0.2, 0) is 30.2 Å². The van der Waals surface area contributed by atoms with Crippen LogP contribution in [0.3, 0.4) is 0 Å². The summed E-state index contributed by atoms with van der Waals surface area (Å²) in [6, 6.07) is 0. The molecule has 1 saturated carbocycles. The molecule has 2 aromatic rings. The zero-order valence-electron chi connectivity index (χ0n) is 24.3. The lowest BCUT2D eigenvalue weighted by Gasteiger charge is -2.36. The van der Waals surface area contributed by atoms with Gasteiger partial charge in [0.2, 0.25) is 7.44 Å². The summed E-state index contributed by atoms with van der Waals surface area (Å²) in [6.07, 6.45) is 7.81. The Morgan fingerprint density at radius 3 is 2.42 bits per heavy atom. The molecule has 2 heterocycles. The molecule has 5 N–H and O–H groups in total. The van der Waals surface area contributed by atoms with Crippen LogP contribution in [0.4, 0.5) is 5.82 Å². The Morgan fingerprint density at radius 1 is 1.15 bits per heavy atom. The molecule has 0 radical (unpaired) electrons. The van der Waals surface area contributed by atoms with Gasteiger partial charge in [0, 0.05) is 0 Å². The average Bonchev–Trinajstić information content (AvgIpc) is 3.27. The first-order chi connectivity index (χ1) is 18.7. The number of carboxylic acids is 1. The van der Waals surface area contributed by atoms with Gasteiger partial charge in [0.15, 0.2) is 11.5 Å². The van der Waals surface area contributed by atoms with Crippen LogP contribution in [-0.4, -0.2) is 66.2 Å². The minimum Gasteiger partial charge on any atom is -0.480 e. The molecule has 1 aliphatic carbocycles. The van der Waals surface area contributed by atoms with Crippen LogP contribution in [0.5, 0.6) is 0 Å². The number of nitrogens with one attached hydrogen (secondary N) is 2. The minimum atomic E-state index is -3.82. The maximum atomic E-state index is 14.1. The van der Waals surface area contributed by atoms with Crippen LogP contribution in [0, 0.1) is 5.92 Å². The number of carbonyl (C=O) groups excluding carboxylic acids is 1. The van der Waals surface area contributed by atoms with Gasteiger partial charge in [0.1, 0.15) is 35.4 Å². The van der Waals surface area contributed by atoms with Gasteiger partial charge in [-0.2, -0.15) is 0 Å². The van der Waals surface area contributed by atoms with E-state index < -0.39 is 36.6 Å². The van der Waals surface area contributed by atoms with Gasteiger partial charge < -0.3 is 24.9 Å². The summed E-state index contributed by atoms with van der Waals surface area (Å²) < 4.78 is 27.6. The first-order valence-electron chi connectivity index (χ1n) is 13.8. The Balaban J connectivity index is 1.68. The van der Waals surface area contributed by atoms with E-state index in [-0.39, 0.29) is 18.3 Å².